The number of nitrogens with zero attached hydrogens (tertiary/aromatic N) is 1. The molecule has 0 bridgehead atoms. The molecule has 2 heterocycles. The molecule has 2 aromatic carbocycles. The predicted molar refractivity (Wildman–Crippen MR) is 93.9 cm³/mol. The van der Waals surface area contributed by atoms with Crippen LogP contribution in [0.2, 0.25) is 0 Å². The average molecular weight is 344 g/mol. The summed E-state index contributed by atoms with van der Waals surface area (Å²) in [6.07, 6.45) is 3.04. The lowest BCUT2D eigenvalue weighted by Crippen LogP contribution is -2.28. The zero-order valence-corrected chi connectivity index (χ0v) is 14.1. The van der Waals surface area contributed by atoms with Crippen LogP contribution in [-0.4, -0.2) is 19.7 Å². The fourth-order valence-corrected chi connectivity index (χ4v) is 3.78. The first-order valence-electron chi connectivity index (χ1n) is 8.90. The Morgan fingerprint density at radius 3 is 2.80 bits per heavy atom. The second-order valence-electron chi connectivity index (χ2n) is 6.68. The molecule has 4 rings (SSSR count). The Kier molecular flexibility index (Phi) is 4.57. The molecule has 0 saturated carbocycles. The van der Waals surface area contributed by atoms with Crippen molar-refractivity contribution in [2.75, 3.05) is 24.6 Å². The summed E-state index contributed by atoms with van der Waals surface area (Å²) in [6.45, 7) is 2.94. The first kappa shape index (κ1) is 16.3. The third-order valence-electron chi connectivity index (χ3n) is 5.08. The van der Waals surface area contributed by atoms with Gasteiger partial charge in [0.1, 0.15) is 17.4 Å². The van der Waals surface area contributed by atoms with Crippen molar-refractivity contribution in [3.63, 3.8) is 0 Å². The van der Waals surface area contributed by atoms with Crippen molar-refractivity contribution in [1.82, 2.24) is 5.32 Å². The third-order valence-corrected chi connectivity index (χ3v) is 5.08. The molecule has 0 radical (unpaired) electrons. The number of nitrogens with one attached hydrogen (secondary N) is 1. The van der Waals surface area contributed by atoms with Gasteiger partial charge in [-0.05, 0) is 43.2 Å². The van der Waals surface area contributed by atoms with E-state index in [1.165, 1.54) is 18.2 Å². The van der Waals surface area contributed by atoms with Crippen molar-refractivity contribution >= 4 is 5.69 Å². The summed E-state index contributed by atoms with van der Waals surface area (Å²) < 4.78 is 33.7. The van der Waals surface area contributed by atoms with E-state index in [0.717, 1.165) is 43.6 Å². The van der Waals surface area contributed by atoms with Crippen molar-refractivity contribution < 1.29 is 13.5 Å². The zero-order chi connectivity index (χ0) is 17.2. The minimum atomic E-state index is -0.278. The number of benzene rings is 2. The number of hydrogen-bond donors (Lipinski definition) is 1. The Hall–Kier alpha value is -2.14. The van der Waals surface area contributed by atoms with Gasteiger partial charge in [-0.2, -0.15) is 0 Å². The van der Waals surface area contributed by atoms with Gasteiger partial charge in [0.2, 0.25) is 0 Å². The SMILES string of the molecule is Fc1ccc2c(c1)C(NCc1c(F)cccc1N1CCCC1)CCO2. The van der Waals surface area contributed by atoms with Crippen LogP contribution in [0, 0.1) is 11.6 Å². The fourth-order valence-electron chi connectivity index (χ4n) is 3.78. The number of ether oxygens (including phenoxy) is 1. The Balaban J connectivity index is 1.56. The topological polar surface area (TPSA) is 24.5 Å². The lowest BCUT2D eigenvalue weighted by Gasteiger charge is -2.28. The summed E-state index contributed by atoms with van der Waals surface area (Å²) in [6, 6.07) is 9.81. The standard InChI is InChI=1S/C20H22F2N2O/c21-14-6-7-20-15(12-14)18(8-11-25-20)23-13-16-17(22)4-3-5-19(16)24-9-1-2-10-24/h3-7,12,18,23H,1-2,8-11,13H2. The Bertz CT molecular complexity index is 759. The van der Waals surface area contributed by atoms with Crippen molar-refractivity contribution in [2.24, 2.45) is 0 Å². The highest BCUT2D eigenvalue weighted by Crippen LogP contribution is 2.33. The van der Waals surface area contributed by atoms with Gasteiger partial charge in [0.05, 0.1) is 6.61 Å². The predicted octanol–water partition coefficient (Wildman–Crippen LogP) is 4.18. The minimum Gasteiger partial charge on any atom is -0.493 e. The van der Waals surface area contributed by atoms with Crippen LogP contribution >= 0.6 is 0 Å². The van der Waals surface area contributed by atoms with Crippen LogP contribution < -0.4 is 15.0 Å². The monoisotopic (exact) mass is 344 g/mol. The van der Waals surface area contributed by atoms with Crippen LogP contribution in [0.4, 0.5) is 14.5 Å². The molecule has 1 saturated heterocycles. The van der Waals surface area contributed by atoms with Gasteiger partial charge in [-0.3, -0.25) is 0 Å². The summed E-state index contributed by atoms with van der Waals surface area (Å²) in [5, 5.41) is 3.41. The van der Waals surface area contributed by atoms with Crippen LogP contribution in [0.3, 0.4) is 0 Å². The average Bonchev–Trinajstić information content (AvgIpc) is 3.15. The molecular formula is C20H22F2N2O. The molecule has 0 spiro atoms. The van der Waals surface area contributed by atoms with Gasteiger partial charge in [0, 0.05) is 48.9 Å². The lowest BCUT2D eigenvalue weighted by atomic mass is 9.99. The van der Waals surface area contributed by atoms with E-state index in [9.17, 15) is 8.78 Å². The maximum atomic E-state index is 14.5. The second kappa shape index (κ2) is 7.00. The summed E-state index contributed by atoms with van der Waals surface area (Å²) in [5.74, 6) is 0.238. The normalized spacial score (nSPS) is 19.6. The molecule has 0 aliphatic carbocycles. The van der Waals surface area contributed by atoms with E-state index in [1.54, 1.807) is 12.1 Å². The highest BCUT2D eigenvalue weighted by atomic mass is 19.1. The van der Waals surface area contributed by atoms with E-state index in [0.29, 0.717) is 24.5 Å². The molecule has 1 atom stereocenters. The van der Waals surface area contributed by atoms with Crippen LogP contribution in [0.25, 0.3) is 0 Å². The van der Waals surface area contributed by atoms with Gasteiger partial charge < -0.3 is 15.0 Å². The maximum Gasteiger partial charge on any atom is 0.129 e. The molecule has 2 aromatic rings. The Labute approximate surface area is 146 Å². The van der Waals surface area contributed by atoms with E-state index in [4.69, 9.17) is 4.74 Å². The van der Waals surface area contributed by atoms with E-state index >= 15 is 0 Å². The largest absolute Gasteiger partial charge is 0.493 e. The number of anilines is 1. The fraction of sp³-hybridized carbons (Fsp3) is 0.400. The number of rotatable bonds is 4. The molecule has 2 aliphatic heterocycles. The third kappa shape index (κ3) is 3.33. The number of halogens is 2. The van der Waals surface area contributed by atoms with Crippen LogP contribution in [0.15, 0.2) is 36.4 Å². The van der Waals surface area contributed by atoms with Gasteiger partial charge in [-0.1, -0.05) is 6.07 Å². The van der Waals surface area contributed by atoms with Gasteiger partial charge in [-0.15, -0.1) is 0 Å². The quantitative estimate of drug-likeness (QED) is 0.901. The van der Waals surface area contributed by atoms with E-state index in [1.807, 2.05) is 6.07 Å². The van der Waals surface area contributed by atoms with Crippen LogP contribution in [0.5, 0.6) is 5.75 Å². The molecule has 3 nitrogen and oxygen atoms in total. The van der Waals surface area contributed by atoms with Crippen LogP contribution in [-0.2, 0) is 6.54 Å². The van der Waals surface area contributed by atoms with E-state index in [-0.39, 0.29) is 17.7 Å². The highest BCUT2D eigenvalue weighted by molar-refractivity contribution is 5.55. The van der Waals surface area contributed by atoms with Crippen LogP contribution in [0.1, 0.15) is 36.4 Å². The maximum absolute atomic E-state index is 14.5. The molecular weight excluding hydrogens is 322 g/mol. The van der Waals surface area contributed by atoms with Gasteiger partial charge >= 0.3 is 0 Å². The molecule has 0 amide bonds. The molecule has 0 aromatic heterocycles. The molecule has 2 aliphatic rings. The lowest BCUT2D eigenvalue weighted by molar-refractivity contribution is 0.251. The van der Waals surface area contributed by atoms with Crippen molar-refractivity contribution in [3.05, 3.63) is 59.2 Å². The highest BCUT2D eigenvalue weighted by Gasteiger charge is 2.23. The molecule has 1 unspecified atom stereocenters. The summed E-state index contributed by atoms with van der Waals surface area (Å²) in [7, 11) is 0. The molecule has 5 heteroatoms. The second-order valence-corrected chi connectivity index (χ2v) is 6.68. The first-order valence-corrected chi connectivity index (χ1v) is 8.90. The van der Waals surface area contributed by atoms with Gasteiger partial charge in [0.15, 0.2) is 0 Å². The molecule has 1 N–H and O–H groups in total. The van der Waals surface area contributed by atoms with E-state index in [2.05, 4.69) is 10.2 Å². The van der Waals surface area contributed by atoms with Crippen molar-refractivity contribution in [2.45, 2.75) is 31.8 Å². The molecule has 132 valence electrons. The molecule has 1 fully saturated rings. The molecule has 25 heavy (non-hydrogen) atoms. The Morgan fingerprint density at radius 2 is 1.96 bits per heavy atom. The minimum absolute atomic E-state index is 0.0366. The van der Waals surface area contributed by atoms with Gasteiger partial charge in [-0.25, -0.2) is 8.78 Å². The van der Waals surface area contributed by atoms with Gasteiger partial charge in [0.25, 0.3) is 0 Å². The van der Waals surface area contributed by atoms with Crippen molar-refractivity contribution in [3.8, 4) is 5.75 Å². The van der Waals surface area contributed by atoms with E-state index < -0.39 is 0 Å². The zero-order valence-electron chi connectivity index (χ0n) is 14.1. The van der Waals surface area contributed by atoms with Crippen molar-refractivity contribution in [1.29, 1.82) is 0 Å². The summed E-state index contributed by atoms with van der Waals surface area (Å²) >= 11 is 0. The summed E-state index contributed by atoms with van der Waals surface area (Å²) in [5.41, 5.74) is 2.47. The summed E-state index contributed by atoms with van der Waals surface area (Å²) in [4.78, 5) is 2.25. The smallest absolute Gasteiger partial charge is 0.129 e. The first-order chi connectivity index (χ1) is 12.2. The number of hydrogen-bond acceptors (Lipinski definition) is 3. The Morgan fingerprint density at radius 1 is 1.12 bits per heavy atom. The number of fused-ring (bicyclic) bond motifs is 1.